The van der Waals surface area contributed by atoms with E-state index in [0.717, 1.165) is 36.8 Å². The molecule has 1 aromatic carbocycles. The quantitative estimate of drug-likeness (QED) is 0.509. The average Bonchev–Trinajstić information content (AvgIpc) is 3.27. The van der Waals surface area contributed by atoms with E-state index in [1.807, 2.05) is 11.0 Å². The third-order valence-corrected chi connectivity index (χ3v) is 6.04. The van der Waals surface area contributed by atoms with Gasteiger partial charge in [0.25, 0.3) is 5.22 Å². The number of benzene rings is 1. The maximum atomic E-state index is 13.3. The van der Waals surface area contributed by atoms with Crippen LogP contribution >= 0.6 is 11.8 Å². The van der Waals surface area contributed by atoms with Gasteiger partial charge in [-0.15, -0.1) is 10.2 Å². The molecule has 0 bridgehead atoms. The number of hydrogen-bond acceptors (Lipinski definition) is 6. The zero-order valence-corrected chi connectivity index (χ0v) is 17.4. The number of carbonyl (C=O) groups is 1. The van der Waals surface area contributed by atoms with Gasteiger partial charge in [-0.1, -0.05) is 43.2 Å². The average molecular weight is 427 g/mol. The number of halogens is 1. The van der Waals surface area contributed by atoms with Crippen LogP contribution in [-0.4, -0.2) is 37.8 Å². The van der Waals surface area contributed by atoms with Gasteiger partial charge in [-0.3, -0.25) is 9.78 Å². The first-order valence-corrected chi connectivity index (χ1v) is 11.1. The first-order chi connectivity index (χ1) is 14.7. The summed E-state index contributed by atoms with van der Waals surface area (Å²) in [6.07, 6.45) is 8.80. The van der Waals surface area contributed by atoms with E-state index >= 15 is 0 Å². The Bertz CT molecular complexity index is 959. The standard InChI is InChI=1S/C22H23FN4O2S/c23-18-10-8-16(9-11-18)14-27(19-6-2-1-3-7-19)20(28)15-30-22-26-25-21(29-22)17-5-4-12-24-13-17/h4-5,8-13,19H,1-3,6-7,14-15H2. The molecular weight excluding hydrogens is 403 g/mol. The van der Waals surface area contributed by atoms with E-state index in [9.17, 15) is 9.18 Å². The van der Waals surface area contributed by atoms with Gasteiger partial charge < -0.3 is 9.32 Å². The summed E-state index contributed by atoms with van der Waals surface area (Å²) in [4.78, 5) is 19.1. The van der Waals surface area contributed by atoms with Crippen LogP contribution in [0.1, 0.15) is 37.7 Å². The van der Waals surface area contributed by atoms with Gasteiger partial charge in [0.05, 0.1) is 11.3 Å². The summed E-state index contributed by atoms with van der Waals surface area (Å²) >= 11 is 1.24. The fourth-order valence-corrected chi connectivity index (χ4v) is 4.33. The van der Waals surface area contributed by atoms with E-state index in [2.05, 4.69) is 15.2 Å². The lowest BCUT2D eigenvalue weighted by Gasteiger charge is -2.34. The highest BCUT2D eigenvalue weighted by atomic mass is 32.2. The minimum atomic E-state index is -0.273. The molecule has 1 saturated carbocycles. The molecule has 0 saturated heterocycles. The van der Waals surface area contributed by atoms with Crippen molar-refractivity contribution in [2.45, 2.75) is 49.9 Å². The summed E-state index contributed by atoms with van der Waals surface area (Å²) in [6, 6.07) is 10.2. The molecule has 156 valence electrons. The van der Waals surface area contributed by atoms with Crippen molar-refractivity contribution in [2.24, 2.45) is 0 Å². The lowest BCUT2D eigenvalue weighted by atomic mass is 9.94. The SMILES string of the molecule is O=C(CSc1nnc(-c2cccnc2)o1)N(Cc1ccc(F)cc1)C1CCCCC1. The Labute approximate surface area is 178 Å². The predicted molar refractivity (Wildman–Crippen MR) is 112 cm³/mol. The van der Waals surface area contributed by atoms with Crippen molar-refractivity contribution in [3.63, 3.8) is 0 Å². The third kappa shape index (κ3) is 5.24. The number of nitrogens with zero attached hydrogens (tertiary/aromatic N) is 4. The fourth-order valence-electron chi connectivity index (χ4n) is 3.68. The molecule has 0 aliphatic heterocycles. The second-order valence-corrected chi connectivity index (χ2v) is 8.27. The van der Waals surface area contributed by atoms with Crippen molar-refractivity contribution >= 4 is 17.7 Å². The molecule has 2 aromatic heterocycles. The first kappa shape index (κ1) is 20.5. The second kappa shape index (κ2) is 9.84. The van der Waals surface area contributed by atoms with Crippen molar-refractivity contribution in [3.8, 4) is 11.5 Å². The monoisotopic (exact) mass is 426 g/mol. The molecule has 30 heavy (non-hydrogen) atoms. The normalized spacial score (nSPS) is 14.6. The summed E-state index contributed by atoms with van der Waals surface area (Å²) in [7, 11) is 0. The molecule has 8 heteroatoms. The summed E-state index contributed by atoms with van der Waals surface area (Å²) in [5, 5.41) is 8.43. The Morgan fingerprint density at radius 1 is 1.13 bits per heavy atom. The lowest BCUT2D eigenvalue weighted by Crippen LogP contribution is -2.41. The van der Waals surface area contributed by atoms with Gasteiger partial charge in [0.2, 0.25) is 11.8 Å². The molecule has 1 aliphatic rings. The van der Waals surface area contributed by atoms with Crippen LogP contribution in [0, 0.1) is 5.82 Å². The van der Waals surface area contributed by atoms with Crippen LogP contribution in [0.2, 0.25) is 0 Å². The Morgan fingerprint density at radius 2 is 1.93 bits per heavy atom. The molecule has 6 nitrogen and oxygen atoms in total. The van der Waals surface area contributed by atoms with Crippen LogP contribution in [0.15, 0.2) is 58.4 Å². The van der Waals surface area contributed by atoms with E-state index in [-0.39, 0.29) is 23.5 Å². The molecular formula is C22H23FN4O2S. The number of aromatic nitrogens is 3. The molecule has 3 aromatic rings. The molecule has 0 radical (unpaired) electrons. The molecule has 0 atom stereocenters. The highest BCUT2D eigenvalue weighted by Gasteiger charge is 2.26. The summed E-state index contributed by atoms with van der Waals surface area (Å²) in [6.45, 7) is 0.481. The van der Waals surface area contributed by atoms with Crippen LogP contribution in [0.5, 0.6) is 0 Å². The van der Waals surface area contributed by atoms with Crippen LogP contribution in [0.3, 0.4) is 0 Å². The maximum Gasteiger partial charge on any atom is 0.277 e. The van der Waals surface area contributed by atoms with Crippen molar-refractivity contribution in [1.29, 1.82) is 0 Å². The summed E-state index contributed by atoms with van der Waals surface area (Å²) in [5.74, 6) is 0.350. The lowest BCUT2D eigenvalue weighted by molar-refractivity contribution is -0.132. The number of pyridine rings is 1. The highest BCUT2D eigenvalue weighted by molar-refractivity contribution is 7.99. The molecule has 1 fully saturated rings. The Balaban J connectivity index is 1.42. The zero-order valence-electron chi connectivity index (χ0n) is 16.5. The van der Waals surface area contributed by atoms with Gasteiger partial charge in [0.1, 0.15) is 5.82 Å². The van der Waals surface area contributed by atoms with Crippen molar-refractivity contribution in [1.82, 2.24) is 20.1 Å². The largest absolute Gasteiger partial charge is 0.411 e. The van der Waals surface area contributed by atoms with Crippen LogP contribution < -0.4 is 0 Å². The van der Waals surface area contributed by atoms with Crippen LogP contribution in [0.25, 0.3) is 11.5 Å². The van der Waals surface area contributed by atoms with Crippen molar-refractivity contribution < 1.29 is 13.6 Å². The van der Waals surface area contributed by atoms with Crippen molar-refractivity contribution in [2.75, 3.05) is 5.75 Å². The van der Waals surface area contributed by atoms with Gasteiger partial charge in [-0.2, -0.15) is 0 Å². The van der Waals surface area contributed by atoms with Gasteiger partial charge in [0, 0.05) is 25.0 Å². The topological polar surface area (TPSA) is 72.1 Å². The molecule has 4 rings (SSSR count). The maximum absolute atomic E-state index is 13.3. The number of thioether (sulfide) groups is 1. The van der Waals surface area contributed by atoms with Crippen molar-refractivity contribution in [3.05, 3.63) is 60.2 Å². The van der Waals surface area contributed by atoms with Gasteiger partial charge in [0.15, 0.2) is 0 Å². The smallest absolute Gasteiger partial charge is 0.277 e. The Kier molecular flexibility index (Phi) is 6.74. The van der Waals surface area contributed by atoms with E-state index in [1.165, 1.54) is 30.3 Å². The number of hydrogen-bond donors (Lipinski definition) is 0. The second-order valence-electron chi connectivity index (χ2n) is 7.34. The third-order valence-electron chi connectivity index (χ3n) is 5.24. The Morgan fingerprint density at radius 3 is 2.67 bits per heavy atom. The van der Waals surface area contributed by atoms with Gasteiger partial charge >= 0.3 is 0 Å². The van der Waals surface area contributed by atoms with E-state index in [0.29, 0.717) is 17.7 Å². The summed E-state index contributed by atoms with van der Waals surface area (Å²) < 4.78 is 18.9. The molecule has 2 heterocycles. The first-order valence-electron chi connectivity index (χ1n) is 10.1. The number of amides is 1. The minimum absolute atomic E-state index is 0.0253. The molecule has 0 spiro atoms. The molecule has 1 aliphatic carbocycles. The number of carbonyl (C=O) groups excluding carboxylic acids is 1. The number of rotatable bonds is 7. The van der Waals surface area contributed by atoms with Crippen LogP contribution in [-0.2, 0) is 11.3 Å². The highest BCUT2D eigenvalue weighted by Crippen LogP contribution is 2.27. The fraction of sp³-hybridized carbons (Fsp3) is 0.364. The van der Waals surface area contributed by atoms with E-state index < -0.39 is 0 Å². The van der Waals surface area contributed by atoms with E-state index in [1.54, 1.807) is 30.6 Å². The Hall–Kier alpha value is -2.74. The zero-order chi connectivity index (χ0) is 20.8. The molecule has 0 N–H and O–H groups in total. The van der Waals surface area contributed by atoms with E-state index in [4.69, 9.17) is 4.42 Å². The van der Waals surface area contributed by atoms with Gasteiger partial charge in [-0.25, -0.2) is 4.39 Å². The van der Waals surface area contributed by atoms with Gasteiger partial charge in [-0.05, 0) is 42.7 Å². The summed E-state index contributed by atoms with van der Waals surface area (Å²) in [5.41, 5.74) is 1.67. The minimum Gasteiger partial charge on any atom is -0.411 e. The molecule has 0 unspecified atom stereocenters. The van der Waals surface area contributed by atoms with Crippen LogP contribution in [0.4, 0.5) is 4.39 Å². The molecule has 1 amide bonds. The predicted octanol–water partition coefficient (Wildman–Crippen LogP) is 4.72.